The Morgan fingerprint density at radius 1 is 1.42 bits per heavy atom. The van der Waals surface area contributed by atoms with Gasteiger partial charge in [-0.05, 0) is 67.1 Å². The van der Waals surface area contributed by atoms with Gasteiger partial charge in [0.15, 0.2) is 0 Å². The van der Waals surface area contributed by atoms with Crippen molar-refractivity contribution in [2.75, 3.05) is 32.1 Å². The molecule has 1 aliphatic rings. The summed E-state index contributed by atoms with van der Waals surface area (Å²) in [5, 5.41) is 7.50. The summed E-state index contributed by atoms with van der Waals surface area (Å²) in [5.41, 5.74) is 7.46. The minimum atomic E-state index is 0.0976. The molecule has 0 spiro atoms. The quantitative estimate of drug-likeness (QED) is 0.662. The van der Waals surface area contributed by atoms with Crippen molar-refractivity contribution in [3.05, 3.63) is 28.2 Å². The molecule has 1 aromatic rings. The van der Waals surface area contributed by atoms with Crippen molar-refractivity contribution >= 4 is 27.5 Å². The van der Waals surface area contributed by atoms with Gasteiger partial charge in [0.05, 0.1) is 0 Å². The predicted octanol–water partition coefficient (Wildman–Crippen LogP) is 2.26. The topological polar surface area (TPSA) is 56.4 Å². The monoisotopic (exact) mass is 324 g/mol. The maximum Gasteiger partial charge on any atom is 0.123 e. The standard InChI is InChI=1S/C14H21BrN4/c1-18-7-5-10(6-8-18)19(2)11-3-4-12(14(16)17)13(15)9-11/h3-4,9-10H,5-8H2,1-2H3,(H3,16,17). The molecule has 1 heterocycles. The number of anilines is 1. The number of nitrogen functional groups attached to an aromatic ring is 1. The zero-order valence-electron chi connectivity index (χ0n) is 11.5. The van der Waals surface area contributed by atoms with Crippen molar-refractivity contribution in [2.45, 2.75) is 18.9 Å². The van der Waals surface area contributed by atoms with Crippen molar-refractivity contribution in [3.63, 3.8) is 0 Å². The van der Waals surface area contributed by atoms with Crippen molar-refractivity contribution in [2.24, 2.45) is 5.73 Å². The van der Waals surface area contributed by atoms with Crippen LogP contribution in [0.15, 0.2) is 22.7 Å². The first-order valence-corrected chi connectivity index (χ1v) is 7.33. The van der Waals surface area contributed by atoms with Gasteiger partial charge in [-0.15, -0.1) is 0 Å². The molecule has 3 N–H and O–H groups in total. The molecule has 0 atom stereocenters. The second-order valence-electron chi connectivity index (χ2n) is 5.22. The number of rotatable bonds is 3. The van der Waals surface area contributed by atoms with Crippen LogP contribution in [-0.2, 0) is 0 Å². The fraction of sp³-hybridized carbons (Fsp3) is 0.500. The Bertz CT molecular complexity index is 467. The molecule has 0 aliphatic carbocycles. The maximum absolute atomic E-state index is 7.50. The van der Waals surface area contributed by atoms with Crippen LogP contribution in [0.1, 0.15) is 18.4 Å². The second-order valence-corrected chi connectivity index (χ2v) is 6.08. The molecule has 0 aromatic heterocycles. The van der Waals surface area contributed by atoms with Gasteiger partial charge >= 0.3 is 0 Å². The number of piperidine rings is 1. The number of likely N-dealkylation sites (tertiary alicyclic amines) is 1. The van der Waals surface area contributed by atoms with E-state index in [4.69, 9.17) is 11.1 Å². The molecular weight excluding hydrogens is 304 g/mol. The summed E-state index contributed by atoms with van der Waals surface area (Å²) in [6.45, 7) is 2.31. The summed E-state index contributed by atoms with van der Waals surface area (Å²) in [4.78, 5) is 4.71. The van der Waals surface area contributed by atoms with E-state index in [1.54, 1.807) is 0 Å². The molecule has 5 heteroatoms. The van der Waals surface area contributed by atoms with Crippen molar-refractivity contribution in [3.8, 4) is 0 Å². The number of hydrogen-bond acceptors (Lipinski definition) is 3. The second kappa shape index (κ2) is 5.92. The molecule has 0 bridgehead atoms. The van der Waals surface area contributed by atoms with Crippen LogP contribution >= 0.6 is 15.9 Å². The van der Waals surface area contributed by atoms with Crippen LogP contribution in [0, 0.1) is 5.41 Å². The summed E-state index contributed by atoms with van der Waals surface area (Å²) in [6.07, 6.45) is 2.39. The molecule has 0 amide bonds. The van der Waals surface area contributed by atoms with Gasteiger partial charge in [0.1, 0.15) is 5.84 Å². The van der Waals surface area contributed by atoms with E-state index in [0.717, 1.165) is 23.1 Å². The minimum Gasteiger partial charge on any atom is -0.384 e. The average molecular weight is 325 g/mol. The minimum absolute atomic E-state index is 0.0976. The average Bonchev–Trinajstić information content (AvgIpc) is 2.38. The Balaban J connectivity index is 2.13. The zero-order chi connectivity index (χ0) is 14.0. The summed E-state index contributed by atoms with van der Waals surface area (Å²) < 4.78 is 0.886. The molecule has 1 saturated heterocycles. The lowest BCUT2D eigenvalue weighted by atomic mass is 10.0. The van der Waals surface area contributed by atoms with E-state index >= 15 is 0 Å². The van der Waals surface area contributed by atoms with Gasteiger partial charge in [0.25, 0.3) is 0 Å². The van der Waals surface area contributed by atoms with E-state index in [1.807, 2.05) is 12.1 Å². The number of halogens is 1. The summed E-state index contributed by atoms with van der Waals surface area (Å²) >= 11 is 3.49. The van der Waals surface area contributed by atoms with Gasteiger partial charge in [-0.1, -0.05) is 0 Å². The number of hydrogen-bond donors (Lipinski definition) is 2. The van der Waals surface area contributed by atoms with Crippen LogP contribution in [0.25, 0.3) is 0 Å². The Morgan fingerprint density at radius 2 is 2.05 bits per heavy atom. The fourth-order valence-corrected chi connectivity index (χ4v) is 3.12. The van der Waals surface area contributed by atoms with E-state index in [1.165, 1.54) is 18.5 Å². The largest absolute Gasteiger partial charge is 0.384 e. The van der Waals surface area contributed by atoms with Gasteiger partial charge in [-0.2, -0.15) is 0 Å². The highest BCUT2D eigenvalue weighted by Gasteiger charge is 2.21. The highest BCUT2D eigenvalue weighted by molar-refractivity contribution is 9.10. The maximum atomic E-state index is 7.50. The SMILES string of the molecule is CN1CCC(N(C)c2ccc(C(=N)N)c(Br)c2)CC1. The van der Waals surface area contributed by atoms with E-state index in [0.29, 0.717) is 6.04 Å². The predicted molar refractivity (Wildman–Crippen MR) is 84.1 cm³/mol. The Kier molecular flexibility index (Phi) is 4.47. The fourth-order valence-electron chi connectivity index (χ4n) is 2.53. The third-order valence-electron chi connectivity index (χ3n) is 3.89. The van der Waals surface area contributed by atoms with Crippen LogP contribution < -0.4 is 10.6 Å². The molecule has 1 aromatic carbocycles. The molecule has 0 radical (unpaired) electrons. The third-order valence-corrected chi connectivity index (χ3v) is 4.54. The van der Waals surface area contributed by atoms with Crippen LogP contribution in [0.5, 0.6) is 0 Å². The van der Waals surface area contributed by atoms with E-state index < -0.39 is 0 Å². The third kappa shape index (κ3) is 3.28. The van der Waals surface area contributed by atoms with Gasteiger partial charge in [-0.3, -0.25) is 5.41 Å². The number of nitrogens with zero attached hydrogens (tertiary/aromatic N) is 2. The molecule has 2 rings (SSSR count). The van der Waals surface area contributed by atoms with Crippen LogP contribution in [0.4, 0.5) is 5.69 Å². The lowest BCUT2D eigenvalue weighted by Crippen LogP contribution is -2.42. The van der Waals surface area contributed by atoms with E-state index in [-0.39, 0.29) is 5.84 Å². The first-order chi connectivity index (χ1) is 8.99. The lowest BCUT2D eigenvalue weighted by molar-refractivity contribution is 0.253. The Hall–Kier alpha value is -1.07. The van der Waals surface area contributed by atoms with E-state index in [2.05, 4.69) is 45.9 Å². The highest BCUT2D eigenvalue weighted by atomic mass is 79.9. The number of benzene rings is 1. The van der Waals surface area contributed by atoms with Crippen molar-refractivity contribution in [1.29, 1.82) is 5.41 Å². The van der Waals surface area contributed by atoms with Gasteiger partial charge < -0.3 is 15.5 Å². The normalized spacial score (nSPS) is 17.4. The molecule has 104 valence electrons. The summed E-state index contributed by atoms with van der Waals surface area (Å²) in [6, 6.07) is 6.59. The van der Waals surface area contributed by atoms with Crippen LogP contribution in [0.3, 0.4) is 0 Å². The van der Waals surface area contributed by atoms with Crippen molar-refractivity contribution in [1.82, 2.24) is 4.90 Å². The molecule has 1 fully saturated rings. The van der Waals surface area contributed by atoms with Crippen LogP contribution in [-0.4, -0.2) is 44.0 Å². The highest BCUT2D eigenvalue weighted by Crippen LogP contribution is 2.26. The first-order valence-electron chi connectivity index (χ1n) is 6.54. The van der Waals surface area contributed by atoms with Crippen LogP contribution in [0.2, 0.25) is 0 Å². The first kappa shape index (κ1) is 14.3. The molecule has 0 saturated carbocycles. The van der Waals surface area contributed by atoms with Gasteiger partial charge in [0.2, 0.25) is 0 Å². The summed E-state index contributed by atoms with van der Waals surface area (Å²) in [7, 11) is 4.32. The zero-order valence-corrected chi connectivity index (χ0v) is 13.1. The number of amidine groups is 1. The molecule has 0 unspecified atom stereocenters. The molecule has 19 heavy (non-hydrogen) atoms. The van der Waals surface area contributed by atoms with Crippen molar-refractivity contribution < 1.29 is 0 Å². The Labute approximate surface area is 123 Å². The molecule has 4 nitrogen and oxygen atoms in total. The smallest absolute Gasteiger partial charge is 0.123 e. The summed E-state index contributed by atoms with van der Waals surface area (Å²) in [5.74, 6) is 0.0976. The number of nitrogens with one attached hydrogen (secondary N) is 1. The lowest BCUT2D eigenvalue weighted by Gasteiger charge is -2.36. The Morgan fingerprint density at radius 3 is 2.58 bits per heavy atom. The van der Waals surface area contributed by atoms with Gasteiger partial charge in [0, 0.05) is 28.8 Å². The molecular formula is C14H21BrN4. The van der Waals surface area contributed by atoms with E-state index in [9.17, 15) is 0 Å². The number of nitrogens with two attached hydrogens (primary N) is 1. The molecule has 1 aliphatic heterocycles. The van der Waals surface area contributed by atoms with Gasteiger partial charge in [-0.25, -0.2) is 0 Å².